The van der Waals surface area contributed by atoms with Crippen LogP contribution in [0, 0.1) is 12.8 Å². The van der Waals surface area contributed by atoms with Gasteiger partial charge >= 0.3 is 0 Å². The fourth-order valence-electron chi connectivity index (χ4n) is 2.96. The van der Waals surface area contributed by atoms with Crippen LogP contribution in [-0.2, 0) is 11.2 Å². The lowest BCUT2D eigenvalue weighted by Gasteiger charge is -2.47. The van der Waals surface area contributed by atoms with Gasteiger partial charge in [0.2, 0.25) is 5.91 Å². The zero-order chi connectivity index (χ0) is 13.5. The van der Waals surface area contributed by atoms with Crippen LogP contribution in [0.1, 0.15) is 30.4 Å². The molecular weight excluding hydrogens is 238 g/mol. The Morgan fingerprint density at radius 1 is 1.37 bits per heavy atom. The fourth-order valence-corrected chi connectivity index (χ4v) is 2.96. The third-order valence-corrected chi connectivity index (χ3v) is 4.49. The number of aliphatic hydroxyl groups is 1. The zero-order valence-corrected chi connectivity index (χ0v) is 11.4. The van der Waals surface area contributed by atoms with Crippen molar-refractivity contribution in [3.8, 4) is 0 Å². The molecule has 0 aromatic heterocycles. The van der Waals surface area contributed by atoms with Gasteiger partial charge < -0.3 is 10.0 Å². The van der Waals surface area contributed by atoms with Crippen LogP contribution in [0.2, 0.25) is 0 Å². The molecule has 3 rings (SSSR count). The Morgan fingerprint density at radius 3 is 2.68 bits per heavy atom. The first kappa shape index (κ1) is 12.7. The minimum Gasteiger partial charge on any atom is -0.386 e. The van der Waals surface area contributed by atoms with E-state index < -0.39 is 5.60 Å². The summed E-state index contributed by atoms with van der Waals surface area (Å²) >= 11 is 0. The quantitative estimate of drug-likeness (QED) is 0.897. The first-order valence-electron chi connectivity index (χ1n) is 7.13. The number of hydrogen-bond acceptors (Lipinski definition) is 2. The van der Waals surface area contributed by atoms with Gasteiger partial charge in [-0.05, 0) is 43.2 Å². The van der Waals surface area contributed by atoms with Crippen molar-refractivity contribution in [2.75, 3.05) is 13.1 Å². The van der Waals surface area contributed by atoms with Crippen LogP contribution < -0.4 is 0 Å². The normalized spacial score (nSPS) is 21.1. The van der Waals surface area contributed by atoms with Crippen molar-refractivity contribution >= 4 is 5.91 Å². The predicted molar refractivity (Wildman–Crippen MR) is 73.8 cm³/mol. The van der Waals surface area contributed by atoms with E-state index in [2.05, 4.69) is 19.1 Å². The summed E-state index contributed by atoms with van der Waals surface area (Å²) in [5.41, 5.74) is 1.93. The molecule has 1 aromatic carbocycles. The van der Waals surface area contributed by atoms with Gasteiger partial charge in [0.1, 0.15) is 5.60 Å². The highest BCUT2D eigenvalue weighted by molar-refractivity contribution is 5.77. The molecule has 0 atom stereocenters. The molecule has 1 heterocycles. The Morgan fingerprint density at radius 2 is 2.05 bits per heavy atom. The van der Waals surface area contributed by atoms with Crippen molar-refractivity contribution in [1.29, 1.82) is 0 Å². The van der Waals surface area contributed by atoms with Gasteiger partial charge in [-0.25, -0.2) is 0 Å². The van der Waals surface area contributed by atoms with Crippen molar-refractivity contribution in [3.05, 3.63) is 35.4 Å². The van der Waals surface area contributed by atoms with E-state index in [-0.39, 0.29) is 5.91 Å². The number of benzene rings is 1. The minimum atomic E-state index is -0.557. The number of hydrogen-bond donors (Lipinski definition) is 1. The summed E-state index contributed by atoms with van der Waals surface area (Å²) in [6.07, 6.45) is 3.60. The second-order valence-corrected chi connectivity index (χ2v) is 6.05. The average molecular weight is 259 g/mol. The van der Waals surface area contributed by atoms with Crippen LogP contribution >= 0.6 is 0 Å². The van der Waals surface area contributed by atoms with Crippen molar-refractivity contribution in [1.82, 2.24) is 4.90 Å². The molecule has 1 saturated carbocycles. The second kappa shape index (κ2) is 4.64. The standard InChI is InChI=1S/C16H21NO2/c1-12-4-2-3-5-13(12)6-9-15(18)17-10-16(19,11-17)14-7-8-14/h2-5,14,19H,6-11H2,1H3. The van der Waals surface area contributed by atoms with E-state index in [0.717, 1.165) is 19.3 Å². The highest BCUT2D eigenvalue weighted by Crippen LogP contribution is 2.44. The number of nitrogens with zero attached hydrogens (tertiary/aromatic N) is 1. The number of rotatable bonds is 4. The molecule has 1 aliphatic heterocycles. The average Bonchev–Trinajstić information content (AvgIpc) is 3.18. The molecule has 0 bridgehead atoms. The molecule has 1 N–H and O–H groups in total. The van der Waals surface area contributed by atoms with E-state index in [1.807, 2.05) is 12.1 Å². The maximum Gasteiger partial charge on any atom is 0.223 e. The maximum absolute atomic E-state index is 12.1. The van der Waals surface area contributed by atoms with Crippen molar-refractivity contribution in [2.24, 2.45) is 5.92 Å². The molecule has 102 valence electrons. The molecule has 19 heavy (non-hydrogen) atoms. The van der Waals surface area contributed by atoms with Gasteiger partial charge in [0.25, 0.3) is 0 Å². The summed E-state index contributed by atoms with van der Waals surface area (Å²) in [5.74, 6) is 0.626. The maximum atomic E-state index is 12.1. The van der Waals surface area contributed by atoms with Crippen LogP contribution in [0.4, 0.5) is 0 Å². The van der Waals surface area contributed by atoms with E-state index in [9.17, 15) is 9.90 Å². The zero-order valence-electron chi connectivity index (χ0n) is 11.4. The number of aryl methyl sites for hydroxylation is 2. The van der Waals surface area contributed by atoms with Gasteiger partial charge in [0, 0.05) is 6.42 Å². The first-order chi connectivity index (χ1) is 9.08. The van der Waals surface area contributed by atoms with E-state index in [1.165, 1.54) is 11.1 Å². The summed E-state index contributed by atoms with van der Waals surface area (Å²) < 4.78 is 0. The SMILES string of the molecule is Cc1ccccc1CCC(=O)N1CC(O)(C2CC2)C1. The molecule has 3 heteroatoms. The Labute approximate surface area is 114 Å². The molecule has 3 nitrogen and oxygen atoms in total. The molecule has 1 aromatic rings. The van der Waals surface area contributed by atoms with Crippen LogP contribution in [0.3, 0.4) is 0 Å². The highest BCUT2D eigenvalue weighted by Gasteiger charge is 2.52. The Kier molecular flexibility index (Phi) is 3.09. The number of carbonyl (C=O) groups excluding carboxylic acids is 1. The van der Waals surface area contributed by atoms with Crippen LogP contribution in [-0.4, -0.2) is 34.6 Å². The van der Waals surface area contributed by atoms with Gasteiger partial charge in [-0.2, -0.15) is 0 Å². The van der Waals surface area contributed by atoms with Gasteiger partial charge in [0.15, 0.2) is 0 Å². The summed E-state index contributed by atoms with van der Waals surface area (Å²) in [4.78, 5) is 13.9. The van der Waals surface area contributed by atoms with Crippen molar-refractivity contribution in [3.63, 3.8) is 0 Å². The van der Waals surface area contributed by atoms with Gasteiger partial charge in [0.05, 0.1) is 13.1 Å². The van der Waals surface area contributed by atoms with E-state index in [1.54, 1.807) is 4.90 Å². The lowest BCUT2D eigenvalue weighted by atomic mass is 9.88. The lowest BCUT2D eigenvalue weighted by Crippen LogP contribution is -2.64. The molecule has 2 fully saturated rings. The van der Waals surface area contributed by atoms with Gasteiger partial charge in [-0.15, -0.1) is 0 Å². The lowest BCUT2D eigenvalue weighted by molar-refractivity contribution is -0.159. The molecule has 2 aliphatic rings. The Hall–Kier alpha value is -1.35. The fraction of sp³-hybridized carbons (Fsp3) is 0.562. The van der Waals surface area contributed by atoms with Crippen molar-refractivity contribution in [2.45, 2.75) is 38.2 Å². The molecule has 1 aliphatic carbocycles. The Bertz CT molecular complexity index is 487. The topological polar surface area (TPSA) is 40.5 Å². The third-order valence-electron chi connectivity index (χ3n) is 4.49. The van der Waals surface area contributed by atoms with E-state index in [4.69, 9.17) is 0 Å². The smallest absolute Gasteiger partial charge is 0.223 e. The second-order valence-electron chi connectivity index (χ2n) is 6.05. The number of β-amino-alcohol motifs (C(OH)–C–C–N with tert-alkyl or cyclic N) is 1. The molecule has 0 radical (unpaired) electrons. The molecular formula is C16H21NO2. The number of amides is 1. The summed E-state index contributed by atoms with van der Waals surface area (Å²) in [6, 6.07) is 8.20. The van der Waals surface area contributed by atoms with E-state index >= 15 is 0 Å². The summed E-state index contributed by atoms with van der Waals surface area (Å²) in [5, 5.41) is 10.2. The third kappa shape index (κ3) is 2.52. The monoisotopic (exact) mass is 259 g/mol. The highest BCUT2D eigenvalue weighted by atomic mass is 16.3. The minimum absolute atomic E-state index is 0.175. The molecule has 1 saturated heterocycles. The summed E-state index contributed by atoms with van der Waals surface area (Å²) in [7, 11) is 0. The molecule has 0 spiro atoms. The van der Waals surface area contributed by atoms with Crippen molar-refractivity contribution < 1.29 is 9.90 Å². The van der Waals surface area contributed by atoms with Crippen LogP contribution in [0.25, 0.3) is 0 Å². The van der Waals surface area contributed by atoms with Gasteiger partial charge in [-0.3, -0.25) is 4.79 Å². The molecule has 0 unspecified atom stereocenters. The first-order valence-corrected chi connectivity index (χ1v) is 7.13. The van der Waals surface area contributed by atoms with Crippen LogP contribution in [0.15, 0.2) is 24.3 Å². The largest absolute Gasteiger partial charge is 0.386 e. The van der Waals surface area contributed by atoms with E-state index in [0.29, 0.717) is 25.4 Å². The Balaban J connectivity index is 1.49. The number of likely N-dealkylation sites (tertiary alicyclic amines) is 1. The molecule has 1 amide bonds. The number of carbonyl (C=O) groups is 1. The predicted octanol–water partition coefficient (Wildman–Crippen LogP) is 1.91. The summed E-state index contributed by atoms with van der Waals surface area (Å²) in [6.45, 7) is 3.17. The van der Waals surface area contributed by atoms with Gasteiger partial charge in [-0.1, -0.05) is 24.3 Å². The van der Waals surface area contributed by atoms with Crippen LogP contribution in [0.5, 0.6) is 0 Å².